The average molecular weight is 386 g/mol. The Hall–Kier alpha value is -3.54. The Balaban J connectivity index is 1.55. The lowest BCUT2D eigenvalue weighted by Crippen LogP contribution is -2.28. The number of carbonyl (C=O) groups is 2. The molecule has 1 aliphatic heterocycles. The topological polar surface area (TPSA) is 75.2 Å². The molecule has 1 saturated heterocycles. The van der Waals surface area contributed by atoms with Crippen LogP contribution in [0.5, 0.6) is 0 Å². The van der Waals surface area contributed by atoms with E-state index in [-0.39, 0.29) is 17.5 Å². The molecule has 2 amide bonds. The molecule has 0 saturated carbocycles. The first-order valence-electron chi connectivity index (χ1n) is 9.68. The molecule has 0 bridgehead atoms. The molecule has 1 aromatic heterocycles. The van der Waals surface area contributed by atoms with E-state index in [1.165, 1.54) is 6.20 Å². The van der Waals surface area contributed by atoms with Crippen molar-refractivity contribution in [3.05, 3.63) is 78.2 Å². The van der Waals surface area contributed by atoms with Gasteiger partial charge in [0.15, 0.2) is 0 Å². The second-order valence-electron chi connectivity index (χ2n) is 7.34. The summed E-state index contributed by atoms with van der Waals surface area (Å²) in [6, 6.07) is 16.5. The number of para-hydroxylation sites is 1. The first kappa shape index (κ1) is 18.8. The normalized spacial score (nSPS) is 15.9. The van der Waals surface area contributed by atoms with E-state index in [2.05, 4.69) is 22.2 Å². The number of aromatic nitrogens is 2. The number of likely N-dealkylation sites (tertiary alicyclic amines) is 1. The van der Waals surface area contributed by atoms with Crippen LogP contribution in [0.4, 0.5) is 5.69 Å². The summed E-state index contributed by atoms with van der Waals surface area (Å²) in [5.74, 6) is 0.235. The average Bonchev–Trinajstić information content (AvgIpc) is 3.20. The molecule has 2 heterocycles. The molecule has 3 aromatic rings. The minimum Gasteiger partial charge on any atom is -0.338 e. The van der Waals surface area contributed by atoms with E-state index in [9.17, 15) is 9.59 Å². The Morgan fingerprint density at radius 3 is 2.66 bits per heavy atom. The maximum atomic E-state index is 12.8. The lowest BCUT2D eigenvalue weighted by atomic mass is 10.1. The van der Waals surface area contributed by atoms with Gasteiger partial charge in [-0.1, -0.05) is 37.3 Å². The van der Waals surface area contributed by atoms with Crippen molar-refractivity contribution in [2.75, 3.05) is 18.4 Å². The van der Waals surface area contributed by atoms with Gasteiger partial charge in [0.2, 0.25) is 0 Å². The molecule has 0 aliphatic carbocycles. The van der Waals surface area contributed by atoms with Gasteiger partial charge in [-0.15, -0.1) is 0 Å². The standard InChI is InChI=1S/C23H22N4O2/c1-16-10-11-27(15-16)23(29)18-7-5-6-17(12-18)20-13-24-14-21(26-20)22(28)25-19-8-3-2-4-9-19/h2-9,12-14,16H,10-11,15H2,1H3,(H,25,28). The third kappa shape index (κ3) is 4.32. The van der Waals surface area contributed by atoms with Crippen LogP contribution >= 0.6 is 0 Å². The summed E-state index contributed by atoms with van der Waals surface area (Å²) in [6.07, 6.45) is 4.07. The predicted octanol–water partition coefficient (Wildman–Crippen LogP) is 3.88. The van der Waals surface area contributed by atoms with Crippen LogP contribution in [0.15, 0.2) is 67.0 Å². The van der Waals surface area contributed by atoms with Crippen molar-refractivity contribution < 1.29 is 9.59 Å². The van der Waals surface area contributed by atoms with E-state index in [1.54, 1.807) is 6.20 Å². The van der Waals surface area contributed by atoms with Crippen molar-refractivity contribution in [2.45, 2.75) is 13.3 Å². The fourth-order valence-electron chi connectivity index (χ4n) is 3.44. The van der Waals surface area contributed by atoms with Crippen molar-refractivity contribution in [3.8, 4) is 11.3 Å². The van der Waals surface area contributed by atoms with E-state index in [0.717, 1.165) is 25.1 Å². The fraction of sp³-hybridized carbons (Fsp3) is 0.217. The molecule has 2 aromatic carbocycles. The Labute approximate surface area is 169 Å². The zero-order valence-electron chi connectivity index (χ0n) is 16.2. The van der Waals surface area contributed by atoms with Gasteiger partial charge < -0.3 is 10.2 Å². The van der Waals surface area contributed by atoms with E-state index in [1.807, 2.05) is 59.5 Å². The summed E-state index contributed by atoms with van der Waals surface area (Å²) >= 11 is 0. The monoisotopic (exact) mass is 386 g/mol. The highest BCUT2D eigenvalue weighted by Crippen LogP contribution is 2.22. The van der Waals surface area contributed by atoms with Crippen molar-refractivity contribution in [2.24, 2.45) is 5.92 Å². The van der Waals surface area contributed by atoms with Gasteiger partial charge in [-0.2, -0.15) is 0 Å². The summed E-state index contributed by atoms with van der Waals surface area (Å²) in [4.78, 5) is 35.8. The van der Waals surface area contributed by atoms with Crippen LogP contribution in [0.25, 0.3) is 11.3 Å². The maximum absolute atomic E-state index is 12.8. The third-order valence-electron chi connectivity index (χ3n) is 5.02. The van der Waals surface area contributed by atoms with Crippen molar-refractivity contribution in [1.29, 1.82) is 0 Å². The number of nitrogens with one attached hydrogen (secondary N) is 1. The van der Waals surface area contributed by atoms with Gasteiger partial charge in [0.25, 0.3) is 11.8 Å². The molecule has 0 radical (unpaired) electrons. The molecule has 6 heteroatoms. The Morgan fingerprint density at radius 1 is 1.07 bits per heavy atom. The van der Waals surface area contributed by atoms with Crippen molar-refractivity contribution in [3.63, 3.8) is 0 Å². The van der Waals surface area contributed by atoms with Crippen LogP contribution < -0.4 is 5.32 Å². The molecule has 146 valence electrons. The highest BCUT2D eigenvalue weighted by Gasteiger charge is 2.24. The Bertz CT molecular complexity index is 1040. The van der Waals surface area contributed by atoms with Gasteiger partial charge in [-0.05, 0) is 36.6 Å². The Kier molecular flexibility index (Phi) is 5.33. The molecule has 1 aliphatic rings. The van der Waals surface area contributed by atoms with E-state index in [4.69, 9.17) is 0 Å². The number of rotatable bonds is 4. The van der Waals surface area contributed by atoms with Crippen LogP contribution in [0.2, 0.25) is 0 Å². The zero-order valence-corrected chi connectivity index (χ0v) is 16.2. The third-order valence-corrected chi connectivity index (χ3v) is 5.02. The first-order chi connectivity index (χ1) is 14.1. The molecule has 1 fully saturated rings. The molecular formula is C23H22N4O2. The van der Waals surface area contributed by atoms with Crippen LogP contribution in [-0.4, -0.2) is 39.8 Å². The van der Waals surface area contributed by atoms with Crippen molar-refractivity contribution >= 4 is 17.5 Å². The molecule has 1 unspecified atom stereocenters. The van der Waals surface area contributed by atoms with Crippen LogP contribution in [0, 0.1) is 5.92 Å². The number of amides is 2. The first-order valence-corrected chi connectivity index (χ1v) is 9.68. The van der Waals surface area contributed by atoms with E-state index < -0.39 is 0 Å². The molecule has 4 rings (SSSR count). The number of hydrogen-bond donors (Lipinski definition) is 1. The van der Waals surface area contributed by atoms with Gasteiger partial charge in [-0.25, -0.2) is 4.98 Å². The molecule has 1 N–H and O–H groups in total. The summed E-state index contributed by atoms with van der Waals surface area (Å²) in [7, 11) is 0. The number of anilines is 1. The van der Waals surface area contributed by atoms with Gasteiger partial charge >= 0.3 is 0 Å². The number of carbonyl (C=O) groups excluding carboxylic acids is 2. The Morgan fingerprint density at radius 2 is 1.90 bits per heavy atom. The van der Waals surface area contributed by atoms with E-state index in [0.29, 0.717) is 22.9 Å². The number of nitrogens with zero attached hydrogens (tertiary/aromatic N) is 3. The zero-order chi connectivity index (χ0) is 20.2. The molecule has 29 heavy (non-hydrogen) atoms. The molecule has 1 atom stereocenters. The number of hydrogen-bond acceptors (Lipinski definition) is 4. The van der Waals surface area contributed by atoms with Crippen LogP contribution in [-0.2, 0) is 0 Å². The minimum absolute atomic E-state index is 0.0298. The molecule has 0 spiro atoms. The highest BCUT2D eigenvalue weighted by atomic mass is 16.2. The highest BCUT2D eigenvalue weighted by molar-refractivity contribution is 6.03. The lowest BCUT2D eigenvalue weighted by Gasteiger charge is -2.16. The molecular weight excluding hydrogens is 364 g/mol. The summed E-state index contributed by atoms with van der Waals surface area (Å²) in [5.41, 5.74) is 2.84. The van der Waals surface area contributed by atoms with Crippen molar-refractivity contribution in [1.82, 2.24) is 14.9 Å². The fourth-order valence-corrected chi connectivity index (χ4v) is 3.44. The minimum atomic E-state index is -0.330. The maximum Gasteiger partial charge on any atom is 0.275 e. The number of benzene rings is 2. The smallest absolute Gasteiger partial charge is 0.275 e. The second kappa shape index (κ2) is 8.22. The largest absolute Gasteiger partial charge is 0.338 e. The quantitative estimate of drug-likeness (QED) is 0.738. The van der Waals surface area contributed by atoms with E-state index >= 15 is 0 Å². The predicted molar refractivity (Wildman–Crippen MR) is 112 cm³/mol. The second-order valence-corrected chi connectivity index (χ2v) is 7.34. The van der Waals surface area contributed by atoms with Crippen LogP contribution in [0.1, 0.15) is 34.2 Å². The summed E-state index contributed by atoms with van der Waals surface area (Å²) in [5, 5.41) is 2.81. The van der Waals surface area contributed by atoms with Gasteiger partial charge in [0.1, 0.15) is 5.69 Å². The summed E-state index contributed by atoms with van der Waals surface area (Å²) < 4.78 is 0. The van der Waals surface area contributed by atoms with Gasteiger partial charge in [0, 0.05) is 29.9 Å². The van der Waals surface area contributed by atoms with Gasteiger partial charge in [-0.3, -0.25) is 14.6 Å². The summed E-state index contributed by atoms with van der Waals surface area (Å²) in [6.45, 7) is 3.74. The van der Waals surface area contributed by atoms with Gasteiger partial charge in [0.05, 0.1) is 18.1 Å². The lowest BCUT2D eigenvalue weighted by molar-refractivity contribution is 0.0788. The van der Waals surface area contributed by atoms with Crippen LogP contribution in [0.3, 0.4) is 0 Å². The molecule has 6 nitrogen and oxygen atoms in total. The SMILES string of the molecule is CC1CCN(C(=O)c2cccc(-c3cncc(C(=O)Nc4ccccc4)n3)c2)C1.